The number of imide groups is 1. The van der Waals surface area contributed by atoms with Crippen LogP contribution in [0.25, 0.3) is 0 Å². The Bertz CT molecular complexity index is 951. The largest absolute Gasteiger partial charge is 0.451 e. The molecular weight excluding hydrogens is 396 g/mol. The minimum absolute atomic E-state index is 0.262. The van der Waals surface area contributed by atoms with Crippen molar-refractivity contribution in [3.8, 4) is 0 Å². The van der Waals surface area contributed by atoms with E-state index in [-0.39, 0.29) is 17.0 Å². The molecule has 162 valence electrons. The first-order valence-electron chi connectivity index (χ1n) is 10.3. The molecule has 7 nitrogen and oxygen atoms in total. The second-order valence-corrected chi connectivity index (χ2v) is 7.82. The second kappa shape index (κ2) is 9.55. The van der Waals surface area contributed by atoms with Crippen LogP contribution < -0.4 is 5.32 Å². The number of carbonyl (C=O) groups excluding carboxylic acids is 4. The van der Waals surface area contributed by atoms with Gasteiger partial charge in [-0.15, -0.1) is 0 Å². The summed E-state index contributed by atoms with van der Waals surface area (Å²) in [6.45, 7) is 5.31. The lowest BCUT2D eigenvalue weighted by atomic mass is 10.0. The number of amides is 3. The normalized spacial score (nSPS) is 14.9. The zero-order chi connectivity index (χ0) is 22.5. The number of hydrogen-bond acceptors (Lipinski definition) is 5. The summed E-state index contributed by atoms with van der Waals surface area (Å²) >= 11 is 0. The highest BCUT2D eigenvalue weighted by Crippen LogP contribution is 2.27. The third-order valence-electron chi connectivity index (χ3n) is 5.19. The minimum Gasteiger partial charge on any atom is -0.451 e. The van der Waals surface area contributed by atoms with Gasteiger partial charge in [0.25, 0.3) is 17.7 Å². The first-order chi connectivity index (χ1) is 14.8. The predicted octanol–water partition coefficient (Wildman–Crippen LogP) is 2.60. The van der Waals surface area contributed by atoms with Crippen LogP contribution in [0.1, 0.15) is 47.1 Å². The first kappa shape index (κ1) is 22.2. The molecule has 1 aliphatic heterocycles. The maximum absolute atomic E-state index is 12.9. The Morgan fingerprint density at radius 2 is 1.45 bits per heavy atom. The highest BCUT2D eigenvalue weighted by atomic mass is 16.5. The smallest absolute Gasteiger partial charge is 0.330 e. The molecule has 3 amide bonds. The van der Waals surface area contributed by atoms with Gasteiger partial charge in [0.1, 0.15) is 6.04 Å². The molecule has 0 aromatic heterocycles. The fourth-order valence-electron chi connectivity index (χ4n) is 3.55. The monoisotopic (exact) mass is 422 g/mol. The average molecular weight is 422 g/mol. The van der Waals surface area contributed by atoms with Crippen molar-refractivity contribution in [1.82, 2.24) is 10.2 Å². The summed E-state index contributed by atoms with van der Waals surface area (Å²) in [5.41, 5.74) is 1.60. The van der Waals surface area contributed by atoms with Crippen molar-refractivity contribution in [3.05, 3.63) is 71.3 Å². The van der Waals surface area contributed by atoms with Gasteiger partial charge in [-0.3, -0.25) is 19.3 Å². The molecule has 1 aliphatic rings. The van der Waals surface area contributed by atoms with Crippen molar-refractivity contribution in [2.45, 2.75) is 39.3 Å². The van der Waals surface area contributed by atoms with E-state index in [4.69, 9.17) is 4.74 Å². The Balaban J connectivity index is 1.62. The molecule has 0 saturated carbocycles. The fraction of sp³-hybridized carbons (Fsp3) is 0.333. The summed E-state index contributed by atoms with van der Waals surface area (Å²) in [5, 5.41) is 2.74. The van der Waals surface area contributed by atoms with Crippen molar-refractivity contribution in [2.24, 2.45) is 5.92 Å². The van der Waals surface area contributed by atoms with Crippen molar-refractivity contribution >= 4 is 23.7 Å². The molecule has 0 fully saturated rings. The van der Waals surface area contributed by atoms with Crippen LogP contribution in [0.5, 0.6) is 0 Å². The Kier molecular flexibility index (Phi) is 6.84. The van der Waals surface area contributed by atoms with E-state index < -0.39 is 35.8 Å². The third-order valence-corrected chi connectivity index (χ3v) is 5.19. The second-order valence-electron chi connectivity index (χ2n) is 7.82. The Hall–Kier alpha value is -3.48. The molecule has 3 rings (SSSR count). The molecule has 31 heavy (non-hydrogen) atoms. The minimum atomic E-state index is -1.12. The SMILES string of the molecule is CC(C)[C@@H](C(=O)O[C@@H](C)C(=O)NCCc1ccccc1)N1C(=O)c2ccccc2C1=O. The Morgan fingerprint density at radius 3 is 2.00 bits per heavy atom. The van der Waals surface area contributed by atoms with Gasteiger partial charge in [-0.25, -0.2) is 4.79 Å². The molecular formula is C24H26N2O5. The van der Waals surface area contributed by atoms with E-state index in [1.807, 2.05) is 30.3 Å². The summed E-state index contributed by atoms with van der Waals surface area (Å²) < 4.78 is 5.35. The quantitative estimate of drug-likeness (QED) is 0.521. The summed E-state index contributed by atoms with van der Waals surface area (Å²) in [6, 6.07) is 15.0. The first-order valence-corrected chi connectivity index (χ1v) is 10.3. The molecule has 1 heterocycles. The fourth-order valence-corrected chi connectivity index (χ4v) is 3.55. The highest BCUT2D eigenvalue weighted by molar-refractivity contribution is 6.22. The highest BCUT2D eigenvalue weighted by Gasteiger charge is 2.45. The number of benzene rings is 2. The van der Waals surface area contributed by atoms with E-state index >= 15 is 0 Å². The summed E-state index contributed by atoms with van der Waals surface area (Å²) in [5.74, 6) is -2.67. The van der Waals surface area contributed by atoms with Crippen LogP contribution in [0.4, 0.5) is 0 Å². The number of hydrogen-bond donors (Lipinski definition) is 1. The van der Waals surface area contributed by atoms with E-state index in [2.05, 4.69) is 5.32 Å². The lowest BCUT2D eigenvalue weighted by Crippen LogP contribution is -2.50. The summed E-state index contributed by atoms with van der Waals surface area (Å²) in [6.07, 6.45) is -0.406. The van der Waals surface area contributed by atoms with E-state index in [9.17, 15) is 19.2 Å². The van der Waals surface area contributed by atoms with Gasteiger partial charge in [0.15, 0.2) is 6.10 Å². The number of esters is 1. The van der Waals surface area contributed by atoms with E-state index in [1.54, 1.807) is 38.1 Å². The van der Waals surface area contributed by atoms with Gasteiger partial charge in [-0.05, 0) is 37.0 Å². The van der Waals surface area contributed by atoms with Crippen molar-refractivity contribution < 1.29 is 23.9 Å². The van der Waals surface area contributed by atoms with Crippen LogP contribution in [-0.4, -0.2) is 47.3 Å². The van der Waals surface area contributed by atoms with Crippen molar-refractivity contribution in [1.29, 1.82) is 0 Å². The van der Waals surface area contributed by atoms with Gasteiger partial charge in [-0.1, -0.05) is 56.3 Å². The molecule has 7 heteroatoms. The molecule has 0 radical (unpaired) electrons. The molecule has 2 atom stereocenters. The Morgan fingerprint density at radius 1 is 0.903 bits per heavy atom. The van der Waals surface area contributed by atoms with Crippen molar-refractivity contribution in [2.75, 3.05) is 6.54 Å². The van der Waals surface area contributed by atoms with E-state index in [0.717, 1.165) is 10.5 Å². The maximum Gasteiger partial charge on any atom is 0.330 e. The molecule has 0 aliphatic carbocycles. The molecule has 0 bridgehead atoms. The average Bonchev–Trinajstić information content (AvgIpc) is 3.00. The van der Waals surface area contributed by atoms with E-state index in [0.29, 0.717) is 13.0 Å². The van der Waals surface area contributed by atoms with Gasteiger partial charge in [0.05, 0.1) is 11.1 Å². The lowest BCUT2D eigenvalue weighted by Gasteiger charge is -2.28. The zero-order valence-corrected chi connectivity index (χ0v) is 17.8. The molecule has 0 saturated heterocycles. The van der Waals surface area contributed by atoms with Crippen LogP contribution in [0.2, 0.25) is 0 Å². The van der Waals surface area contributed by atoms with Crippen LogP contribution in [0.3, 0.4) is 0 Å². The maximum atomic E-state index is 12.9. The Labute approximate surface area is 181 Å². The van der Waals surface area contributed by atoms with Crippen molar-refractivity contribution in [3.63, 3.8) is 0 Å². The number of ether oxygens (including phenoxy) is 1. The number of rotatable bonds is 8. The van der Waals surface area contributed by atoms with Crippen LogP contribution in [0.15, 0.2) is 54.6 Å². The van der Waals surface area contributed by atoms with Gasteiger partial charge in [0.2, 0.25) is 0 Å². The van der Waals surface area contributed by atoms with Crippen LogP contribution >= 0.6 is 0 Å². The lowest BCUT2D eigenvalue weighted by molar-refractivity contribution is -0.159. The summed E-state index contributed by atoms with van der Waals surface area (Å²) in [7, 11) is 0. The topological polar surface area (TPSA) is 92.8 Å². The van der Waals surface area contributed by atoms with Crippen LogP contribution in [-0.2, 0) is 20.7 Å². The number of nitrogens with one attached hydrogen (secondary N) is 1. The molecule has 2 aromatic carbocycles. The predicted molar refractivity (Wildman–Crippen MR) is 114 cm³/mol. The standard InChI is InChI=1S/C24H26N2O5/c1-15(2)20(26-22(28)18-11-7-8-12-19(18)23(26)29)24(30)31-16(3)21(27)25-14-13-17-9-5-4-6-10-17/h4-12,15-16,20H,13-14H2,1-3H3,(H,25,27)/t16-,20-/m0/s1. The molecule has 0 unspecified atom stereocenters. The molecule has 2 aromatic rings. The van der Waals surface area contributed by atoms with Gasteiger partial charge in [-0.2, -0.15) is 0 Å². The van der Waals surface area contributed by atoms with Gasteiger partial charge < -0.3 is 10.1 Å². The molecule has 1 N–H and O–H groups in total. The molecule has 0 spiro atoms. The van der Waals surface area contributed by atoms with Gasteiger partial charge >= 0.3 is 5.97 Å². The van der Waals surface area contributed by atoms with Gasteiger partial charge in [0, 0.05) is 6.54 Å². The zero-order valence-electron chi connectivity index (χ0n) is 17.8. The summed E-state index contributed by atoms with van der Waals surface area (Å²) in [4.78, 5) is 51.7. The third kappa shape index (κ3) is 4.82. The number of nitrogens with zero attached hydrogens (tertiary/aromatic N) is 1. The number of carbonyl (C=O) groups is 4. The van der Waals surface area contributed by atoms with Crippen LogP contribution in [0, 0.1) is 5.92 Å². The van der Waals surface area contributed by atoms with E-state index in [1.165, 1.54) is 6.92 Å². The number of fused-ring (bicyclic) bond motifs is 1.